The fraction of sp³-hybridized carbons (Fsp3) is 0.667. The van der Waals surface area contributed by atoms with Gasteiger partial charge in [0.2, 0.25) is 0 Å². The average Bonchev–Trinajstić information content (AvgIpc) is 2.66. The second-order valence-corrected chi connectivity index (χ2v) is 6.85. The summed E-state index contributed by atoms with van der Waals surface area (Å²) in [6.45, 7) is 8.80. The number of nitrogens with zero attached hydrogens (tertiary/aromatic N) is 2. The van der Waals surface area contributed by atoms with Crippen LogP contribution in [0.25, 0.3) is 0 Å². The van der Waals surface area contributed by atoms with Crippen LogP contribution in [0.2, 0.25) is 0 Å². The van der Waals surface area contributed by atoms with Crippen LogP contribution in [-0.4, -0.2) is 56.9 Å². The van der Waals surface area contributed by atoms with E-state index < -0.39 is 0 Å². The third kappa shape index (κ3) is 8.43. The van der Waals surface area contributed by atoms with Gasteiger partial charge in [0.1, 0.15) is 0 Å². The van der Waals surface area contributed by atoms with Gasteiger partial charge in [0, 0.05) is 33.3 Å². The van der Waals surface area contributed by atoms with Crippen LogP contribution in [0.1, 0.15) is 44.2 Å². The van der Waals surface area contributed by atoms with Crippen LogP contribution in [0.4, 0.5) is 0 Å². The maximum absolute atomic E-state index is 9.26. The topological polar surface area (TPSA) is 66.3 Å². The first-order valence-electron chi connectivity index (χ1n) is 9.82. The molecule has 162 valence electrons. The fourth-order valence-electron chi connectivity index (χ4n) is 3.13. The van der Waals surface area contributed by atoms with E-state index >= 15 is 0 Å². The molecule has 6 nitrogen and oxygen atoms in total. The van der Waals surface area contributed by atoms with Crippen molar-refractivity contribution in [2.24, 2.45) is 10.9 Å². The van der Waals surface area contributed by atoms with Crippen LogP contribution in [0.5, 0.6) is 11.5 Å². The minimum atomic E-state index is 0. The van der Waals surface area contributed by atoms with Gasteiger partial charge in [-0.2, -0.15) is 0 Å². The Morgan fingerprint density at radius 2 is 1.82 bits per heavy atom. The van der Waals surface area contributed by atoms with Gasteiger partial charge in [-0.3, -0.25) is 4.99 Å². The van der Waals surface area contributed by atoms with Crippen molar-refractivity contribution in [2.75, 3.05) is 41.0 Å². The van der Waals surface area contributed by atoms with Gasteiger partial charge in [0.25, 0.3) is 0 Å². The molecule has 1 rings (SSSR count). The second-order valence-electron chi connectivity index (χ2n) is 6.85. The Morgan fingerprint density at radius 3 is 2.36 bits per heavy atom. The lowest BCUT2D eigenvalue weighted by Crippen LogP contribution is -2.39. The van der Waals surface area contributed by atoms with Crippen LogP contribution >= 0.6 is 24.0 Å². The Labute approximate surface area is 187 Å². The number of benzene rings is 1. The molecule has 1 aromatic rings. The number of rotatable bonds is 11. The van der Waals surface area contributed by atoms with Crippen molar-refractivity contribution in [3.8, 4) is 11.5 Å². The molecule has 0 aliphatic carbocycles. The van der Waals surface area contributed by atoms with E-state index in [1.165, 1.54) is 5.56 Å². The minimum absolute atomic E-state index is 0. The first-order valence-corrected chi connectivity index (χ1v) is 9.82. The van der Waals surface area contributed by atoms with Crippen molar-refractivity contribution >= 4 is 29.9 Å². The summed E-state index contributed by atoms with van der Waals surface area (Å²) in [6.07, 6.45) is 2.99. The summed E-state index contributed by atoms with van der Waals surface area (Å²) in [5, 5.41) is 12.6. The number of hydrogen-bond acceptors (Lipinski definition) is 4. The number of aliphatic hydroxyl groups is 1. The molecule has 0 radical (unpaired) electrons. The predicted octanol–water partition coefficient (Wildman–Crippen LogP) is 3.83. The first kappa shape index (κ1) is 26.8. The van der Waals surface area contributed by atoms with Crippen LogP contribution < -0.4 is 14.8 Å². The predicted molar refractivity (Wildman–Crippen MR) is 127 cm³/mol. The van der Waals surface area contributed by atoms with Gasteiger partial charge < -0.3 is 24.8 Å². The van der Waals surface area contributed by atoms with Gasteiger partial charge in [-0.15, -0.1) is 24.0 Å². The molecule has 2 N–H and O–H groups in total. The third-order valence-corrected chi connectivity index (χ3v) is 4.68. The molecule has 1 unspecified atom stereocenters. The summed E-state index contributed by atoms with van der Waals surface area (Å²) < 4.78 is 10.8. The quantitative estimate of drug-likeness (QED) is 0.271. The lowest BCUT2D eigenvalue weighted by atomic mass is 10.0. The van der Waals surface area contributed by atoms with E-state index in [4.69, 9.17) is 14.5 Å². The molecular formula is C21H38IN3O3. The molecule has 0 bridgehead atoms. The Bertz CT molecular complexity index is 591. The van der Waals surface area contributed by atoms with Crippen LogP contribution in [-0.2, 0) is 6.54 Å². The van der Waals surface area contributed by atoms with Gasteiger partial charge in [0.05, 0.1) is 14.2 Å². The molecule has 0 saturated heterocycles. The van der Waals surface area contributed by atoms with Crippen molar-refractivity contribution in [1.29, 1.82) is 0 Å². The summed E-state index contributed by atoms with van der Waals surface area (Å²) in [5.41, 5.74) is 2.32. The van der Waals surface area contributed by atoms with Crippen molar-refractivity contribution < 1.29 is 14.6 Å². The standard InChI is InChI=1S/C21H37N3O3.HI/c1-7-9-17(10-11-25)14-23-21(22-8-2)24(4)15-18-13-20(27-6)19(26-5)12-16(18)3;/h12-13,17,25H,7-11,14-15H2,1-6H3,(H,22,23);1H. The summed E-state index contributed by atoms with van der Waals surface area (Å²) >= 11 is 0. The number of aryl methyl sites for hydroxylation is 1. The highest BCUT2D eigenvalue weighted by atomic mass is 127. The Kier molecular flexibility index (Phi) is 14.1. The maximum Gasteiger partial charge on any atom is 0.193 e. The van der Waals surface area contributed by atoms with Gasteiger partial charge in [-0.05, 0) is 55.9 Å². The molecule has 1 aromatic carbocycles. The maximum atomic E-state index is 9.26. The normalized spacial score (nSPS) is 12.2. The van der Waals surface area contributed by atoms with E-state index in [2.05, 4.69) is 31.0 Å². The number of aliphatic imine (C=N–C) groups is 1. The summed E-state index contributed by atoms with van der Waals surface area (Å²) in [5.74, 6) is 2.78. The number of aliphatic hydroxyl groups excluding tert-OH is 1. The minimum Gasteiger partial charge on any atom is -0.493 e. The van der Waals surface area contributed by atoms with Crippen molar-refractivity contribution in [3.05, 3.63) is 23.3 Å². The third-order valence-electron chi connectivity index (χ3n) is 4.68. The highest BCUT2D eigenvalue weighted by Gasteiger charge is 2.14. The van der Waals surface area contributed by atoms with Gasteiger partial charge in [0.15, 0.2) is 17.5 Å². The van der Waals surface area contributed by atoms with Gasteiger partial charge >= 0.3 is 0 Å². The number of hydrogen-bond donors (Lipinski definition) is 2. The van der Waals surface area contributed by atoms with E-state index in [9.17, 15) is 5.11 Å². The number of halogens is 1. The van der Waals surface area contributed by atoms with Gasteiger partial charge in [-0.1, -0.05) is 13.3 Å². The number of methoxy groups -OCH3 is 2. The highest BCUT2D eigenvalue weighted by molar-refractivity contribution is 14.0. The molecule has 0 saturated carbocycles. The van der Waals surface area contributed by atoms with E-state index in [-0.39, 0.29) is 30.6 Å². The van der Waals surface area contributed by atoms with Gasteiger partial charge in [-0.25, -0.2) is 0 Å². The molecule has 0 amide bonds. The molecule has 0 aliphatic rings. The largest absolute Gasteiger partial charge is 0.493 e. The van der Waals surface area contributed by atoms with E-state index in [0.29, 0.717) is 5.92 Å². The second kappa shape index (κ2) is 14.7. The lowest BCUT2D eigenvalue weighted by molar-refractivity contribution is 0.253. The Balaban J connectivity index is 0.00000729. The number of guanidine groups is 1. The fourth-order valence-corrected chi connectivity index (χ4v) is 3.13. The summed E-state index contributed by atoms with van der Waals surface area (Å²) in [4.78, 5) is 6.94. The van der Waals surface area contributed by atoms with E-state index in [0.717, 1.165) is 61.9 Å². The lowest BCUT2D eigenvalue weighted by Gasteiger charge is -2.24. The van der Waals surface area contributed by atoms with Crippen LogP contribution in [0.3, 0.4) is 0 Å². The SMILES string of the molecule is CCCC(CCO)CN=C(NCC)N(C)Cc1cc(OC)c(OC)cc1C.I. The van der Waals surface area contributed by atoms with Crippen molar-refractivity contribution in [3.63, 3.8) is 0 Å². The smallest absolute Gasteiger partial charge is 0.193 e. The molecule has 0 heterocycles. The Morgan fingerprint density at radius 1 is 1.18 bits per heavy atom. The first-order chi connectivity index (χ1) is 13.0. The molecule has 1 atom stereocenters. The molecule has 0 spiro atoms. The molecule has 0 fully saturated rings. The zero-order valence-corrected chi connectivity index (χ0v) is 20.6. The molecule has 0 aliphatic heterocycles. The number of nitrogens with one attached hydrogen (secondary N) is 1. The molecule has 0 aromatic heterocycles. The zero-order chi connectivity index (χ0) is 20.2. The zero-order valence-electron chi connectivity index (χ0n) is 18.2. The van der Waals surface area contributed by atoms with Crippen LogP contribution in [0.15, 0.2) is 17.1 Å². The molecular weight excluding hydrogens is 469 g/mol. The Hall–Kier alpha value is -1.22. The monoisotopic (exact) mass is 507 g/mol. The van der Waals surface area contributed by atoms with E-state index in [1.807, 2.05) is 19.2 Å². The van der Waals surface area contributed by atoms with Crippen molar-refractivity contribution in [2.45, 2.75) is 46.6 Å². The summed E-state index contributed by atoms with van der Waals surface area (Å²) in [6, 6.07) is 4.03. The average molecular weight is 507 g/mol. The summed E-state index contributed by atoms with van der Waals surface area (Å²) in [7, 11) is 5.35. The van der Waals surface area contributed by atoms with E-state index in [1.54, 1.807) is 14.2 Å². The number of ether oxygens (including phenoxy) is 2. The van der Waals surface area contributed by atoms with Crippen LogP contribution in [0, 0.1) is 12.8 Å². The van der Waals surface area contributed by atoms with Crippen molar-refractivity contribution in [1.82, 2.24) is 10.2 Å². The molecule has 7 heteroatoms. The highest BCUT2D eigenvalue weighted by Crippen LogP contribution is 2.30. The molecule has 28 heavy (non-hydrogen) atoms.